The number of nitrogen functional groups attached to an aromatic ring is 1. The van der Waals surface area contributed by atoms with E-state index >= 15 is 0 Å². The fraction of sp³-hybridized carbons (Fsp3) is 0.567. The number of imidazole rings is 1. The summed E-state index contributed by atoms with van der Waals surface area (Å²) in [4.78, 5) is 49.5. The first-order valence-electron chi connectivity index (χ1n) is 15.4. The van der Waals surface area contributed by atoms with Gasteiger partial charge in [-0.3, -0.25) is 18.7 Å². The summed E-state index contributed by atoms with van der Waals surface area (Å²) >= 11 is 0. The molecule has 3 atom stereocenters. The van der Waals surface area contributed by atoms with Gasteiger partial charge in [-0.1, -0.05) is 18.2 Å². The number of ether oxygens (including phenoxy) is 6. The number of esters is 2. The molecule has 48 heavy (non-hydrogen) atoms. The van der Waals surface area contributed by atoms with Gasteiger partial charge in [0.2, 0.25) is 7.44 Å². The number of fused-ring (bicyclic) bond motifs is 1. The van der Waals surface area contributed by atoms with E-state index in [1.165, 1.54) is 25.5 Å². The highest BCUT2D eigenvalue weighted by Crippen LogP contribution is 2.38. The third-order valence-corrected chi connectivity index (χ3v) is 8.54. The van der Waals surface area contributed by atoms with E-state index in [-0.39, 0.29) is 49.4 Å². The number of methoxy groups -OCH3 is 1. The van der Waals surface area contributed by atoms with Crippen LogP contribution in [0.15, 0.2) is 35.1 Å². The second-order valence-electron chi connectivity index (χ2n) is 11.4. The number of hydrogen-bond donors (Lipinski definition) is 4. The van der Waals surface area contributed by atoms with E-state index in [0.29, 0.717) is 5.75 Å². The Morgan fingerprint density at radius 3 is 2.10 bits per heavy atom. The van der Waals surface area contributed by atoms with Gasteiger partial charge >= 0.3 is 23.6 Å². The lowest BCUT2D eigenvalue weighted by molar-refractivity contribution is -0.149. The first-order chi connectivity index (χ1) is 22.7. The van der Waals surface area contributed by atoms with Crippen molar-refractivity contribution in [2.24, 2.45) is 0 Å². The van der Waals surface area contributed by atoms with Gasteiger partial charge in [0.25, 0.3) is 0 Å². The molecule has 3 aromatic rings. The predicted molar refractivity (Wildman–Crippen MR) is 177 cm³/mol. The van der Waals surface area contributed by atoms with Gasteiger partial charge in [0.05, 0.1) is 25.4 Å². The molecule has 0 spiro atoms. The number of para-hydroxylation sites is 1. The molecule has 266 valence electrons. The Hall–Kier alpha value is -4.02. The van der Waals surface area contributed by atoms with Gasteiger partial charge in [0.15, 0.2) is 11.5 Å². The van der Waals surface area contributed by atoms with E-state index in [0.717, 1.165) is 0 Å². The highest BCUT2D eigenvalue weighted by Gasteiger charge is 2.34. The third-order valence-electron chi connectivity index (χ3n) is 6.42. The van der Waals surface area contributed by atoms with E-state index in [1.807, 2.05) is 6.07 Å². The Balaban J connectivity index is 1.93. The Morgan fingerprint density at radius 1 is 0.938 bits per heavy atom. The van der Waals surface area contributed by atoms with Gasteiger partial charge in [-0.2, -0.15) is 9.97 Å². The molecule has 0 saturated carbocycles. The van der Waals surface area contributed by atoms with E-state index in [4.69, 9.17) is 34.2 Å². The van der Waals surface area contributed by atoms with Crippen LogP contribution in [0.25, 0.3) is 11.2 Å². The van der Waals surface area contributed by atoms with Crippen molar-refractivity contribution >= 4 is 36.4 Å². The number of aromatic nitrogens is 4. The summed E-state index contributed by atoms with van der Waals surface area (Å²) in [7, 11) is -2.39. The molecule has 0 aliphatic carbocycles. The van der Waals surface area contributed by atoms with Crippen LogP contribution in [0.4, 0.5) is 5.82 Å². The van der Waals surface area contributed by atoms with Crippen molar-refractivity contribution in [2.45, 2.75) is 78.5 Å². The topological polar surface area (TPSA) is 220 Å². The second kappa shape index (κ2) is 17.9. The normalized spacial score (nSPS) is 13.8. The molecule has 17 nitrogen and oxygen atoms in total. The SMILES string of the molecule is COCCOc1nc(N)c2[nH]c(=O)n(CC(COc3ccccc3)OCP(=O)(N[C@@H](C)C(=O)OC(C)C)N[C@@H](C)C(=O)OC(C)C)c2n1. The largest absolute Gasteiger partial charge is 0.491 e. The summed E-state index contributed by atoms with van der Waals surface area (Å²) in [6.45, 7) is 9.89. The average molecular weight is 696 g/mol. The number of nitrogens with zero attached hydrogens (tertiary/aromatic N) is 3. The van der Waals surface area contributed by atoms with Crippen molar-refractivity contribution in [3.8, 4) is 11.8 Å². The summed E-state index contributed by atoms with van der Waals surface area (Å²) in [6.07, 6.45) is -2.29. The number of benzene rings is 1. The predicted octanol–water partition coefficient (Wildman–Crippen LogP) is 2.20. The summed E-state index contributed by atoms with van der Waals surface area (Å²) in [5.41, 5.74) is 5.86. The van der Waals surface area contributed by atoms with Gasteiger partial charge < -0.3 is 39.1 Å². The number of aromatic amines is 1. The molecule has 2 heterocycles. The fourth-order valence-corrected chi connectivity index (χ4v) is 6.37. The van der Waals surface area contributed by atoms with E-state index in [9.17, 15) is 18.9 Å². The van der Waals surface area contributed by atoms with E-state index in [2.05, 4.69) is 25.1 Å². The number of carbonyl (C=O) groups excluding carboxylic acids is 2. The van der Waals surface area contributed by atoms with Crippen LogP contribution < -0.4 is 31.1 Å². The lowest BCUT2D eigenvalue weighted by Gasteiger charge is -2.28. The minimum atomic E-state index is -3.91. The Labute approximate surface area is 278 Å². The van der Waals surface area contributed by atoms with Crippen LogP contribution in [0.2, 0.25) is 0 Å². The molecule has 0 saturated heterocycles. The molecule has 0 radical (unpaired) electrons. The molecule has 2 aromatic heterocycles. The zero-order valence-corrected chi connectivity index (χ0v) is 29.2. The number of carbonyl (C=O) groups is 2. The number of H-pyrrole nitrogens is 1. The van der Waals surface area contributed by atoms with Crippen molar-refractivity contribution in [3.63, 3.8) is 0 Å². The molecule has 0 aliphatic heterocycles. The monoisotopic (exact) mass is 695 g/mol. The highest BCUT2D eigenvalue weighted by molar-refractivity contribution is 7.59. The van der Waals surface area contributed by atoms with Crippen LogP contribution in [0.1, 0.15) is 41.5 Å². The maximum atomic E-state index is 14.3. The zero-order chi connectivity index (χ0) is 35.4. The summed E-state index contributed by atoms with van der Waals surface area (Å²) in [5, 5.41) is 5.53. The van der Waals surface area contributed by atoms with Crippen molar-refractivity contribution in [2.75, 3.05) is 39.0 Å². The third kappa shape index (κ3) is 11.6. The lowest BCUT2D eigenvalue weighted by atomic mass is 10.3. The van der Waals surface area contributed by atoms with Gasteiger partial charge in [-0.05, 0) is 53.7 Å². The van der Waals surface area contributed by atoms with Gasteiger partial charge in [0.1, 0.15) is 49.0 Å². The number of rotatable bonds is 20. The van der Waals surface area contributed by atoms with E-state index in [1.54, 1.807) is 52.0 Å². The maximum absolute atomic E-state index is 14.3. The molecular formula is C30H46N7O10P. The highest BCUT2D eigenvalue weighted by atomic mass is 31.2. The molecule has 3 rings (SSSR count). The summed E-state index contributed by atoms with van der Waals surface area (Å²) in [5.74, 6) is -0.796. The first-order valence-corrected chi connectivity index (χ1v) is 17.3. The van der Waals surface area contributed by atoms with Crippen LogP contribution in [0, 0.1) is 0 Å². The molecule has 18 heteroatoms. The molecule has 0 amide bonds. The standard InChI is InChI=1S/C30H46N7O10P/c1-18(2)46-27(38)20(5)35-48(41,36-21(6)28(39)47-19(3)4)17-45-23(16-44-22-11-9-8-10-12-22)15-37-26-24(32-30(37)40)25(31)33-29(34-26)43-14-13-42-7/h8-12,18-21,23H,13-17H2,1-7H3,(H,32,40)(H2,31,33,34)(H2,35,36,41)/t20-,21-,23?/m0/s1. The Morgan fingerprint density at radius 2 is 1.54 bits per heavy atom. The van der Waals surface area contributed by atoms with Crippen molar-refractivity contribution < 1.29 is 42.6 Å². The molecule has 1 aromatic carbocycles. The molecule has 0 fully saturated rings. The maximum Gasteiger partial charge on any atom is 0.327 e. The number of nitrogens with two attached hydrogens (primary N) is 1. The molecule has 0 bridgehead atoms. The number of hydrogen-bond acceptors (Lipinski definition) is 13. The van der Waals surface area contributed by atoms with Crippen molar-refractivity contribution in [1.29, 1.82) is 0 Å². The first kappa shape index (κ1) is 38.4. The van der Waals surface area contributed by atoms with Crippen LogP contribution in [-0.2, 0) is 39.6 Å². The minimum absolute atomic E-state index is 0.0104. The lowest BCUT2D eigenvalue weighted by Crippen LogP contribution is -2.44. The molecular weight excluding hydrogens is 649 g/mol. The van der Waals surface area contributed by atoms with Crippen LogP contribution >= 0.6 is 7.44 Å². The van der Waals surface area contributed by atoms with Gasteiger partial charge in [-0.15, -0.1) is 0 Å². The Bertz CT molecular complexity index is 1560. The number of nitrogens with one attached hydrogen (secondary N) is 3. The Kier molecular flexibility index (Phi) is 14.4. The quantitative estimate of drug-likeness (QED) is 0.0756. The van der Waals surface area contributed by atoms with Crippen molar-refractivity contribution in [1.82, 2.24) is 29.7 Å². The van der Waals surface area contributed by atoms with Crippen LogP contribution in [-0.4, -0.2) is 95.1 Å². The van der Waals surface area contributed by atoms with E-state index < -0.39 is 61.8 Å². The van der Waals surface area contributed by atoms with Crippen LogP contribution in [0.3, 0.4) is 0 Å². The number of anilines is 1. The minimum Gasteiger partial charge on any atom is -0.491 e. The summed E-state index contributed by atoms with van der Waals surface area (Å²) < 4.78 is 48.8. The fourth-order valence-electron chi connectivity index (χ4n) is 4.27. The average Bonchev–Trinajstić information content (AvgIpc) is 3.33. The molecule has 1 unspecified atom stereocenters. The summed E-state index contributed by atoms with van der Waals surface area (Å²) in [6, 6.07) is 6.73. The van der Waals surface area contributed by atoms with Crippen LogP contribution in [0.5, 0.6) is 11.8 Å². The van der Waals surface area contributed by atoms with Gasteiger partial charge in [-0.25, -0.2) is 15.0 Å². The zero-order valence-electron chi connectivity index (χ0n) is 28.3. The smallest absolute Gasteiger partial charge is 0.327 e. The molecule has 0 aliphatic rings. The molecule has 5 N–H and O–H groups in total. The van der Waals surface area contributed by atoms with Crippen molar-refractivity contribution in [3.05, 3.63) is 40.8 Å². The van der Waals surface area contributed by atoms with Gasteiger partial charge in [0, 0.05) is 7.11 Å². The second-order valence-corrected chi connectivity index (χ2v) is 13.7.